The molecule has 0 aliphatic heterocycles. The van der Waals surface area contributed by atoms with Crippen LogP contribution >= 0.6 is 0 Å². The molecule has 2 aromatic rings. The van der Waals surface area contributed by atoms with Gasteiger partial charge in [0.25, 0.3) is 0 Å². The first kappa shape index (κ1) is 12.3. The maximum atomic E-state index is 12.4. The van der Waals surface area contributed by atoms with E-state index in [1.807, 2.05) is 0 Å². The van der Waals surface area contributed by atoms with Gasteiger partial charge in [0, 0.05) is 18.1 Å². The molecule has 7 heteroatoms. The number of halogens is 3. The second-order valence-electron chi connectivity index (χ2n) is 3.50. The molecule has 0 fully saturated rings. The fraction of sp³-hybridized carbons (Fsp3) is 0.182. The van der Waals surface area contributed by atoms with Crippen LogP contribution in [0.3, 0.4) is 0 Å². The largest absolute Gasteiger partial charge is 0.433 e. The van der Waals surface area contributed by atoms with Gasteiger partial charge in [-0.25, -0.2) is 0 Å². The van der Waals surface area contributed by atoms with Gasteiger partial charge >= 0.3 is 6.18 Å². The third-order valence-electron chi connectivity index (χ3n) is 2.15. The van der Waals surface area contributed by atoms with Gasteiger partial charge in [0.1, 0.15) is 5.69 Å². The zero-order chi connectivity index (χ0) is 13.0. The van der Waals surface area contributed by atoms with Crippen LogP contribution in [0.2, 0.25) is 0 Å². The SMILES string of the molecule is FC(F)(F)c1cc(NCc2cccnn2)ccn1. The smallest absolute Gasteiger partial charge is 0.379 e. The zero-order valence-corrected chi connectivity index (χ0v) is 9.15. The highest BCUT2D eigenvalue weighted by molar-refractivity contribution is 5.43. The van der Waals surface area contributed by atoms with Crippen molar-refractivity contribution in [2.45, 2.75) is 12.7 Å². The topological polar surface area (TPSA) is 50.7 Å². The van der Waals surface area contributed by atoms with Gasteiger partial charge in [-0.1, -0.05) is 0 Å². The van der Waals surface area contributed by atoms with Gasteiger partial charge in [-0.2, -0.15) is 23.4 Å². The van der Waals surface area contributed by atoms with Crippen molar-refractivity contribution in [2.24, 2.45) is 0 Å². The average Bonchev–Trinajstić information content (AvgIpc) is 2.37. The Balaban J connectivity index is 2.06. The Labute approximate surface area is 101 Å². The number of pyridine rings is 1. The van der Waals surface area contributed by atoms with Crippen molar-refractivity contribution in [2.75, 3.05) is 5.32 Å². The summed E-state index contributed by atoms with van der Waals surface area (Å²) in [5.41, 5.74) is 0.0532. The molecule has 0 saturated carbocycles. The van der Waals surface area contributed by atoms with E-state index in [4.69, 9.17) is 0 Å². The summed E-state index contributed by atoms with van der Waals surface area (Å²) in [7, 11) is 0. The molecule has 2 heterocycles. The van der Waals surface area contributed by atoms with E-state index in [-0.39, 0.29) is 0 Å². The van der Waals surface area contributed by atoms with E-state index in [1.54, 1.807) is 12.1 Å². The van der Waals surface area contributed by atoms with Crippen molar-refractivity contribution in [1.29, 1.82) is 0 Å². The number of alkyl halides is 3. The summed E-state index contributed by atoms with van der Waals surface area (Å²) >= 11 is 0. The molecule has 4 nitrogen and oxygen atoms in total. The zero-order valence-electron chi connectivity index (χ0n) is 9.15. The van der Waals surface area contributed by atoms with Crippen LogP contribution in [0.25, 0.3) is 0 Å². The van der Waals surface area contributed by atoms with Crippen molar-refractivity contribution in [3.8, 4) is 0 Å². The van der Waals surface area contributed by atoms with Crippen molar-refractivity contribution in [3.05, 3.63) is 48.0 Å². The van der Waals surface area contributed by atoms with E-state index in [1.165, 1.54) is 12.3 Å². The molecule has 0 aromatic carbocycles. The van der Waals surface area contributed by atoms with Gasteiger partial charge in [-0.15, -0.1) is 0 Å². The molecule has 1 N–H and O–H groups in total. The summed E-state index contributed by atoms with van der Waals surface area (Å²) in [4.78, 5) is 3.27. The van der Waals surface area contributed by atoms with Crippen LogP contribution in [-0.4, -0.2) is 15.2 Å². The van der Waals surface area contributed by atoms with E-state index in [2.05, 4.69) is 20.5 Å². The average molecular weight is 254 g/mol. The van der Waals surface area contributed by atoms with E-state index in [0.717, 1.165) is 12.3 Å². The number of rotatable bonds is 3. The lowest BCUT2D eigenvalue weighted by Crippen LogP contribution is -2.09. The maximum absolute atomic E-state index is 12.4. The van der Waals surface area contributed by atoms with Gasteiger partial charge < -0.3 is 5.32 Å². The second kappa shape index (κ2) is 4.99. The van der Waals surface area contributed by atoms with Crippen molar-refractivity contribution >= 4 is 5.69 Å². The molecular weight excluding hydrogens is 245 g/mol. The number of hydrogen-bond acceptors (Lipinski definition) is 4. The molecule has 94 valence electrons. The molecule has 0 amide bonds. The molecule has 18 heavy (non-hydrogen) atoms. The minimum atomic E-state index is -4.44. The monoisotopic (exact) mass is 254 g/mol. The van der Waals surface area contributed by atoms with Crippen LogP contribution in [0, 0.1) is 0 Å². The van der Waals surface area contributed by atoms with Crippen molar-refractivity contribution in [3.63, 3.8) is 0 Å². The lowest BCUT2D eigenvalue weighted by atomic mass is 10.3. The summed E-state index contributed by atoms with van der Waals surface area (Å²) in [6.45, 7) is 0.301. The number of anilines is 1. The van der Waals surface area contributed by atoms with Crippen molar-refractivity contribution < 1.29 is 13.2 Å². The molecule has 0 saturated heterocycles. The fourth-order valence-electron chi connectivity index (χ4n) is 1.32. The quantitative estimate of drug-likeness (QED) is 0.914. The van der Waals surface area contributed by atoms with Crippen molar-refractivity contribution in [1.82, 2.24) is 15.2 Å². The number of nitrogens with one attached hydrogen (secondary N) is 1. The third-order valence-corrected chi connectivity index (χ3v) is 2.15. The Bertz CT molecular complexity index is 513. The maximum Gasteiger partial charge on any atom is 0.433 e. The van der Waals surface area contributed by atoms with E-state index in [9.17, 15) is 13.2 Å². The number of nitrogens with zero attached hydrogens (tertiary/aromatic N) is 3. The molecule has 0 bridgehead atoms. The van der Waals surface area contributed by atoms with Gasteiger partial charge in [-0.3, -0.25) is 4.98 Å². The van der Waals surface area contributed by atoms with E-state index >= 15 is 0 Å². The minimum absolute atomic E-state index is 0.301. The lowest BCUT2D eigenvalue weighted by Gasteiger charge is -2.09. The normalized spacial score (nSPS) is 11.3. The molecule has 2 aromatic heterocycles. The van der Waals surface area contributed by atoms with Gasteiger partial charge in [0.2, 0.25) is 0 Å². The molecule has 2 rings (SSSR count). The van der Waals surface area contributed by atoms with E-state index < -0.39 is 11.9 Å². The minimum Gasteiger partial charge on any atom is -0.379 e. The molecule has 0 aliphatic carbocycles. The summed E-state index contributed by atoms with van der Waals surface area (Å²) in [5, 5.41) is 10.3. The fourth-order valence-corrected chi connectivity index (χ4v) is 1.32. The van der Waals surface area contributed by atoms with Gasteiger partial charge in [-0.05, 0) is 24.3 Å². The van der Waals surface area contributed by atoms with Gasteiger partial charge in [0.05, 0.1) is 12.2 Å². The summed E-state index contributed by atoms with van der Waals surface area (Å²) < 4.78 is 37.3. The van der Waals surface area contributed by atoms with Gasteiger partial charge in [0.15, 0.2) is 0 Å². The Kier molecular flexibility index (Phi) is 3.40. The Morgan fingerprint density at radius 2 is 2.00 bits per heavy atom. The second-order valence-corrected chi connectivity index (χ2v) is 3.50. The summed E-state index contributed by atoms with van der Waals surface area (Å²) in [6.07, 6.45) is -1.80. The molecule has 0 unspecified atom stereocenters. The van der Waals surface area contributed by atoms with Crippen LogP contribution in [0.1, 0.15) is 11.4 Å². The summed E-state index contributed by atoms with van der Waals surface area (Å²) in [6, 6.07) is 5.85. The highest BCUT2D eigenvalue weighted by atomic mass is 19.4. The first-order chi connectivity index (χ1) is 8.55. The molecular formula is C11H9F3N4. The molecule has 0 atom stereocenters. The first-order valence-corrected chi connectivity index (χ1v) is 5.09. The van der Waals surface area contributed by atoms with Crippen LogP contribution in [0.5, 0.6) is 0 Å². The van der Waals surface area contributed by atoms with Crippen LogP contribution < -0.4 is 5.32 Å². The molecule has 0 spiro atoms. The highest BCUT2D eigenvalue weighted by Crippen LogP contribution is 2.28. The number of aromatic nitrogens is 3. The molecule has 0 aliphatic rings. The molecule has 0 radical (unpaired) electrons. The van der Waals surface area contributed by atoms with Crippen LogP contribution in [0.15, 0.2) is 36.7 Å². The predicted molar refractivity (Wildman–Crippen MR) is 58.6 cm³/mol. The third kappa shape index (κ3) is 3.16. The Hall–Kier alpha value is -2.18. The first-order valence-electron chi connectivity index (χ1n) is 5.09. The standard InChI is InChI=1S/C11H9F3N4/c12-11(13,14)10-6-8(3-5-15-10)16-7-9-2-1-4-17-18-9/h1-6H,7H2,(H,15,16). The van der Waals surface area contributed by atoms with Crippen LogP contribution in [-0.2, 0) is 12.7 Å². The number of hydrogen-bond donors (Lipinski definition) is 1. The van der Waals surface area contributed by atoms with Crippen LogP contribution in [0.4, 0.5) is 18.9 Å². The predicted octanol–water partition coefficient (Wildman–Crippen LogP) is 2.50. The van der Waals surface area contributed by atoms with E-state index in [0.29, 0.717) is 17.9 Å². The Morgan fingerprint density at radius 3 is 2.67 bits per heavy atom. The Morgan fingerprint density at radius 1 is 1.17 bits per heavy atom. The lowest BCUT2D eigenvalue weighted by molar-refractivity contribution is -0.141. The highest BCUT2D eigenvalue weighted by Gasteiger charge is 2.32. The summed E-state index contributed by atoms with van der Waals surface area (Å²) in [5.74, 6) is 0.